The number of hydrogen-bond acceptors (Lipinski definition) is 2. The molecule has 1 rings (SSSR count). The Labute approximate surface area is 92.4 Å². The van der Waals surface area contributed by atoms with E-state index in [4.69, 9.17) is 0 Å². The lowest BCUT2D eigenvalue weighted by atomic mass is 10.2. The van der Waals surface area contributed by atoms with Crippen LogP contribution < -0.4 is 10.6 Å². The third kappa shape index (κ3) is 5.02. The molecule has 15 heavy (non-hydrogen) atoms. The Hall–Kier alpha value is -0.770. The Bertz CT molecular complexity index is 204. The van der Waals surface area contributed by atoms with E-state index in [2.05, 4.69) is 36.4 Å². The first-order chi connectivity index (χ1) is 7.13. The Morgan fingerprint density at radius 2 is 2.20 bits per heavy atom. The van der Waals surface area contributed by atoms with Gasteiger partial charge in [0.2, 0.25) is 0 Å². The SMILES string of the molecule is CC[C@H](C)N(C)CCNC(=O)NC1CC1. The van der Waals surface area contributed by atoms with Gasteiger partial charge < -0.3 is 15.5 Å². The van der Waals surface area contributed by atoms with Crippen molar-refractivity contribution >= 4 is 6.03 Å². The zero-order chi connectivity index (χ0) is 11.3. The normalized spacial score (nSPS) is 17.6. The summed E-state index contributed by atoms with van der Waals surface area (Å²) in [6.45, 7) is 6.01. The number of rotatable bonds is 6. The fraction of sp³-hybridized carbons (Fsp3) is 0.909. The molecule has 1 saturated carbocycles. The predicted octanol–water partition coefficient (Wildman–Crippen LogP) is 1.18. The summed E-state index contributed by atoms with van der Waals surface area (Å²) < 4.78 is 0. The van der Waals surface area contributed by atoms with Crippen LogP contribution in [-0.2, 0) is 0 Å². The number of nitrogens with zero attached hydrogens (tertiary/aromatic N) is 1. The number of nitrogens with one attached hydrogen (secondary N) is 2. The van der Waals surface area contributed by atoms with Gasteiger partial charge >= 0.3 is 6.03 Å². The molecule has 0 radical (unpaired) electrons. The molecule has 0 aliphatic heterocycles. The Morgan fingerprint density at radius 1 is 1.53 bits per heavy atom. The van der Waals surface area contributed by atoms with Gasteiger partial charge in [0.25, 0.3) is 0 Å². The maximum absolute atomic E-state index is 11.3. The second kappa shape index (κ2) is 5.95. The first-order valence-corrected chi connectivity index (χ1v) is 5.88. The summed E-state index contributed by atoms with van der Waals surface area (Å²) in [5, 5.41) is 5.77. The zero-order valence-electron chi connectivity index (χ0n) is 10.0. The molecule has 1 aliphatic carbocycles. The highest BCUT2D eigenvalue weighted by Gasteiger charge is 2.22. The highest BCUT2D eigenvalue weighted by molar-refractivity contribution is 5.74. The molecule has 0 aromatic heterocycles. The van der Waals surface area contributed by atoms with Crippen LogP contribution in [0.3, 0.4) is 0 Å². The first kappa shape index (κ1) is 12.3. The lowest BCUT2D eigenvalue weighted by Crippen LogP contribution is -2.42. The molecule has 0 aromatic carbocycles. The van der Waals surface area contributed by atoms with Crippen molar-refractivity contribution in [3.8, 4) is 0 Å². The van der Waals surface area contributed by atoms with Crippen molar-refractivity contribution in [2.75, 3.05) is 20.1 Å². The molecule has 0 heterocycles. The summed E-state index contributed by atoms with van der Waals surface area (Å²) in [6.07, 6.45) is 3.42. The topological polar surface area (TPSA) is 44.4 Å². The zero-order valence-corrected chi connectivity index (χ0v) is 10.0. The van der Waals surface area contributed by atoms with Crippen molar-refractivity contribution in [1.82, 2.24) is 15.5 Å². The minimum absolute atomic E-state index is 0.0185. The molecular formula is C11H23N3O. The van der Waals surface area contributed by atoms with Gasteiger partial charge in [0.05, 0.1) is 0 Å². The van der Waals surface area contributed by atoms with Gasteiger partial charge in [-0.3, -0.25) is 0 Å². The van der Waals surface area contributed by atoms with Gasteiger partial charge in [-0.25, -0.2) is 4.79 Å². The van der Waals surface area contributed by atoms with Gasteiger partial charge in [0.15, 0.2) is 0 Å². The van der Waals surface area contributed by atoms with Crippen LogP contribution in [0.2, 0.25) is 0 Å². The van der Waals surface area contributed by atoms with E-state index in [1.165, 1.54) is 0 Å². The minimum atomic E-state index is -0.0185. The molecule has 2 amide bonds. The molecular weight excluding hydrogens is 190 g/mol. The van der Waals surface area contributed by atoms with Crippen LogP contribution in [0.4, 0.5) is 4.79 Å². The van der Waals surface area contributed by atoms with E-state index in [0.29, 0.717) is 12.1 Å². The number of carbonyl (C=O) groups excluding carboxylic acids is 1. The highest BCUT2D eigenvalue weighted by atomic mass is 16.2. The summed E-state index contributed by atoms with van der Waals surface area (Å²) in [5.41, 5.74) is 0. The number of carbonyl (C=O) groups is 1. The standard InChI is InChI=1S/C11H23N3O/c1-4-9(2)14(3)8-7-12-11(15)13-10-5-6-10/h9-10H,4-8H2,1-3H3,(H2,12,13,15)/t9-/m0/s1. The number of likely N-dealkylation sites (N-methyl/N-ethyl adjacent to an activating group) is 1. The van der Waals surface area contributed by atoms with Gasteiger partial charge in [-0.15, -0.1) is 0 Å². The van der Waals surface area contributed by atoms with E-state index in [1.54, 1.807) is 0 Å². The van der Waals surface area contributed by atoms with Crippen LogP contribution in [0, 0.1) is 0 Å². The smallest absolute Gasteiger partial charge is 0.315 e. The average molecular weight is 213 g/mol. The number of urea groups is 1. The van der Waals surface area contributed by atoms with Crippen molar-refractivity contribution in [2.24, 2.45) is 0 Å². The van der Waals surface area contributed by atoms with E-state index >= 15 is 0 Å². The molecule has 0 saturated heterocycles. The fourth-order valence-electron chi connectivity index (χ4n) is 1.34. The fourth-order valence-corrected chi connectivity index (χ4v) is 1.34. The molecule has 4 heteroatoms. The van der Waals surface area contributed by atoms with Crippen molar-refractivity contribution in [3.05, 3.63) is 0 Å². The van der Waals surface area contributed by atoms with Gasteiger partial charge in [-0.1, -0.05) is 6.92 Å². The molecule has 2 N–H and O–H groups in total. The maximum Gasteiger partial charge on any atom is 0.315 e. The highest BCUT2D eigenvalue weighted by Crippen LogP contribution is 2.18. The quantitative estimate of drug-likeness (QED) is 0.696. The predicted molar refractivity (Wildman–Crippen MR) is 61.9 cm³/mol. The lowest BCUT2D eigenvalue weighted by molar-refractivity contribution is 0.230. The summed E-state index contributed by atoms with van der Waals surface area (Å²) >= 11 is 0. The molecule has 88 valence electrons. The minimum Gasteiger partial charge on any atom is -0.337 e. The van der Waals surface area contributed by atoms with Crippen LogP contribution in [0.25, 0.3) is 0 Å². The molecule has 1 aliphatic rings. The van der Waals surface area contributed by atoms with E-state index in [0.717, 1.165) is 32.4 Å². The maximum atomic E-state index is 11.3. The first-order valence-electron chi connectivity index (χ1n) is 5.88. The molecule has 4 nitrogen and oxygen atoms in total. The van der Waals surface area contributed by atoms with Gasteiger partial charge in [-0.2, -0.15) is 0 Å². The second-order valence-corrected chi connectivity index (χ2v) is 4.41. The second-order valence-electron chi connectivity index (χ2n) is 4.41. The van der Waals surface area contributed by atoms with E-state index in [9.17, 15) is 4.79 Å². The molecule has 1 fully saturated rings. The van der Waals surface area contributed by atoms with Crippen molar-refractivity contribution in [1.29, 1.82) is 0 Å². The van der Waals surface area contributed by atoms with Crippen LogP contribution in [0.1, 0.15) is 33.1 Å². The van der Waals surface area contributed by atoms with E-state index in [1.807, 2.05) is 0 Å². The van der Waals surface area contributed by atoms with Crippen LogP contribution in [0.5, 0.6) is 0 Å². The average Bonchev–Trinajstić information content (AvgIpc) is 3.00. The van der Waals surface area contributed by atoms with E-state index < -0.39 is 0 Å². The third-order valence-corrected chi connectivity index (χ3v) is 3.01. The lowest BCUT2D eigenvalue weighted by Gasteiger charge is -2.23. The van der Waals surface area contributed by atoms with Crippen molar-refractivity contribution in [3.63, 3.8) is 0 Å². The summed E-state index contributed by atoms with van der Waals surface area (Å²) in [4.78, 5) is 13.5. The molecule has 0 spiro atoms. The summed E-state index contributed by atoms with van der Waals surface area (Å²) in [6, 6.07) is 1.01. The number of amides is 2. The molecule has 1 atom stereocenters. The largest absolute Gasteiger partial charge is 0.337 e. The molecule has 0 aromatic rings. The monoisotopic (exact) mass is 213 g/mol. The summed E-state index contributed by atoms with van der Waals surface area (Å²) in [5.74, 6) is 0. The Morgan fingerprint density at radius 3 is 2.73 bits per heavy atom. The molecule has 0 unspecified atom stereocenters. The number of hydrogen-bond donors (Lipinski definition) is 2. The molecule has 0 bridgehead atoms. The van der Waals surface area contributed by atoms with Crippen LogP contribution in [-0.4, -0.2) is 43.2 Å². The van der Waals surface area contributed by atoms with Crippen molar-refractivity contribution in [2.45, 2.75) is 45.2 Å². The van der Waals surface area contributed by atoms with E-state index in [-0.39, 0.29) is 6.03 Å². The summed E-state index contributed by atoms with van der Waals surface area (Å²) in [7, 11) is 2.09. The van der Waals surface area contributed by atoms with Crippen molar-refractivity contribution < 1.29 is 4.79 Å². The van der Waals surface area contributed by atoms with Gasteiger partial charge in [-0.05, 0) is 33.2 Å². The van der Waals surface area contributed by atoms with Gasteiger partial charge in [0.1, 0.15) is 0 Å². The Kier molecular flexibility index (Phi) is 4.88. The third-order valence-electron chi connectivity index (χ3n) is 3.01. The van der Waals surface area contributed by atoms with Gasteiger partial charge in [0, 0.05) is 25.2 Å². The van der Waals surface area contributed by atoms with Crippen LogP contribution in [0.15, 0.2) is 0 Å². The van der Waals surface area contributed by atoms with Crippen LogP contribution >= 0.6 is 0 Å². The Balaban J connectivity index is 2.01.